The van der Waals surface area contributed by atoms with Crippen molar-refractivity contribution in [3.63, 3.8) is 0 Å². The second-order valence-electron chi connectivity index (χ2n) is 8.90. The van der Waals surface area contributed by atoms with Crippen molar-refractivity contribution < 1.29 is 4.74 Å². The summed E-state index contributed by atoms with van der Waals surface area (Å²) in [6, 6.07) is 4.80. The van der Waals surface area contributed by atoms with E-state index in [4.69, 9.17) is 21.2 Å². The minimum atomic E-state index is -0.0701. The van der Waals surface area contributed by atoms with Gasteiger partial charge in [0.15, 0.2) is 0 Å². The Labute approximate surface area is 150 Å². The molecule has 4 N–H and O–H groups in total. The van der Waals surface area contributed by atoms with E-state index in [0.717, 1.165) is 50.2 Å². The topological polar surface area (TPSA) is 77.4 Å². The Morgan fingerprint density at radius 2 is 2.00 bits per heavy atom. The van der Waals surface area contributed by atoms with Crippen molar-refractivity contribution in [2.24, 2.45) is 29.2 Å². The Balaban J connectivity index is 1.48. The van der Waals surface area contributed by atoms with E-state index in [1.54, 1.807) is 0 Å². The summed E-state index contributed by atoms with van der Waals surface area (Å²) in [7, 11) is 0. The summed E-state index contributed by atoms with van der Waals surface area (Å²) in [5, 5.41) is 0. The summed E-state index contributed by atoms with van der Waals surface area (Å²) in [5.74, 6) is 3.42. The van der Waals surface area contributed by atoms with E-state index in [1.165, 1.54) is 24.8 Å². The zero-order valence-electron chi connectivity index (χ0n) is 15.2. The molecule has 5 aliphatic rings. The van der Waals surface area contributed by atoms with Gasteiger partial charge in [0.2, 0.25) is 0 Å². The molecule has 0 radical (unpaired) electrons. The van der Waals surface area contributed by atoms with Gasteiger partial charge < -0.3 is 21.1 Å². The van der Waals surface area contributed by atoms with Crippen molar-refractivity contribution in [1.82, 2.24) is 4.98 Å². The maximum Gasteiger partial charge on any atom is 0.128 e. The van der Waals surface area contributed by atoms with Crippen LogP contribution >= 0.6 is 0 Å². The van der Waals surface area contributed by atoms with Gasteiger partial charge in [-0.15, -0.1) is 0 Å². The maximum absolute atomic E-state index is 7.00. The molecule has 1 saturated heterocycles. The van der Waals surface area contributed by atoms with Crippen LogP contribution in [-0.4, -0.2) is 42.9 Å². The second kappa shape index (κ2) is 5.66. The van der Waals surface area contributed by atoms with Crippen LogP contribution in [-0.2, 0) is 4.74 Å². The fourth-order valence-corrected chi connectivity index (χ4v) is 6.50. The smallest absolute Gasteiger partial charge is 0.128 e. The molecule has 6 unspecified atom stereocenters. The monoisotopic (exact) mass is 342 g/mol. The van der Waals surface area contributed by atoms with Gasteiger partial charge in [-0.3, -0.25) is 0 Å². The van der Waals surface area contributed by atoms with Crippen molar-refractivity contribution in [2.45, 2.75) is 50.1 Å². The lowest BCUT2D eigenvalue weighted by Gasteiger charge is -2.62. The molecule has 2 heterocycles. The number of pyridine rings is 1. The fourth-order valence-electron chi connectivity index (χ4n) is 6.50. The molecule has 136 valence electrons. The van der Waals surface area contributed by atoms with E-state index in [1.807, 2.05) is 0 Å². The van der Waals surface area contributed by atoms with E-state index >= 15 is 0 Å². The average Bonchev–Trinajstić information content (AvgIpc) is 2.60. The van der Waals surface area contributed by atoms with Crippen LogP contribution in [0.2, 0.25) is 0 Å². The first kappa shape index (κ1) is 16.0. The van der Waals surface area contributed by atoms with Crippen LogP contribution < -0.4 is 16.4 Å². The third-order valence-electron chi connectivity index (χ3n) is 7.42. The summed E-state index contributed by atoms with van der Waals surface area (Å²) in [4.78, 5) is 7.28. The van der Waals surface area contributed by atoms with Crippen LogP contribution in [0.4, 0.5) is 5.82 Å². The van der Waals surface area contributed by atoms with Crippen LogP contribution in [0, 0.1) is 24.7 Å². The van der Waals surface area contributed by atoms with Crippen LogP contribution in [0.3, 0.4) is 0 Å². The SMILES string of the molecule is Cc1nc(N2CCOCC2)ccc1C1C2CC3CC(CC1(N)C3)C2N. The van der Waals surface area contributed by atoms with Gasteiger partial charge in [-0.1, -0.05) is 6.07 Å². The van der Waals surface area contributed by atoms with Gasteiger partial charge in [0.25, 0.3) is 0 Å². The van der Waals surface area contributed by atoms with Gasteiger partial charge in [-0.25, -0.2) is 4.98 Å². The Bertz CT molecular complexity index is 674. The minimum absolute atomic E-state index is 0.0701. The standard InChI is InChI=1S/C20H30N4O/c1-12-15(2-3-17(23-12)24-4-6-25-7-5-24)18-16-9-13-8-14(19(16)21)11-20(18,22)10-13/h2-3,13-14,16,18-19H,4-11,21-22H2,1H3. The largest absolute Gasteiger partial charge is 0.378 e. The Morgan fingerprint density at radius 1 is 1.20 bits per heavy atom. The number of ether oxygens (including phenoxy) is 1. The zero-order chi connectivity index (χ0) is 17.2. The van der Waals surface area contributed by atoms with Crippen LogP contribution in [0.1, 0.15) is 42.9 Å². The number of aromatic nitrogens is 1. The van der Waals surface area contributed by atoms with Crippen LogP contribution in [0.25, 0.3) is 0 Å². The predicted molar refractivity (Wildman–Crippen MR) is 98.6 cm³/mol. The van der Waals surface area contributed by atoms with Crippen molar-refractivity contribution in [1.29, 1.82) is 0 Å². The molecule has 5 nitrogen and oxygen atoms in total. The lowest BCUT2D eigenvalue weighted by Crippen LogP contribution is -2.67. The van der Waals surface area contributed by atoms with Crippen molar-refractivity contribution in [2.75, 3.05) is 31.2 Å². The van der Waals surface area contributed by atoms with E-state index in [9.17, 15) is 0 Å². The van der Waals surface area contributed by atoms with Gasteiger partial charge in [0.05, 0.1) is 13.2 Å². The second-order valence-corrected chi connectivity index (χ2v) is 8.90. The molecule has 4 saturated carbocycles. The number of nitrogens with zero attached hydrogens (tertiary/aromatic N) is 2. The first-order valence-corrected chi connectivity index (χ1v) is 9.90. The highest BCUT2D eigenvalue weighted by Crippen LogP contribution is 2.60. The molecule has 5 heteroatoms. The molecule has 0 aromatic carbocycles. The minimum Gasteiger partial charge on any atom is -0.378 e. The molecule has 6 atom stereocenters. The van der Waals surface area contributed by atoms with Crippen molar-refractivity contribution in [3.05, 3.63) is 23.4 Å². The molecule has 1 aromatic heterocycles. The lowest BCUT2D eigenvalue weighted by molar-refractivity contribution is -0.0389. The van der Waals surface area contributed by atoms with Gasteiger partial charge in [-0.2, -0.15) is 0 Å². The number of anilines is 1. The first-order chi connectivity index (χ1) is 12.0. The normalized spacial score (nSPS) is 42.8. The summed E-state index contributed by atoms with van der Waals surface area (Å²) in [6.07, 6.45) is 4.82. The highest BCUT2D eigenvalue weighted by atomic mass is 16.5. The number of nitrogens with two attached hydrogens (primary N) is 2. The summed E-state index contributed by atoms with van der Waals surface area (Å²) in [6.45, 7) is 5.58. The van der Waals surface area contributed by atoms with E-state index in [2.05, 4.69) is 24.0 Å². The Hall–Kier alpha value is -1.17. The van der Waals surface area contributed by atoms with E-state index in [-0.39, 0.29) is 5.54 Å². The Kier molecular flexibility index (Phi) is 3.63. The summed E-state index contributed by atoms with van der Waals surface area (Å²) in [5.41, 5.74) is 16.1. The third-order valence-corrected chi connectivity index (χ3v) is 7.42. The quantitative estimate of drug-likeness (QED) is 0.857. The zero-order valence-corrected chi connectivity index (χ0v) is 15.2. The van der Waals surface area contributed by atoms with Gasteiger partial charge in [0.1, 0.15) is 5.82 Å². The average molecular weight is 342 g/mol. The van der Waals surface area contributed by atoms with Gasteiger partial charge in [-0.05, 0) is 62.0 Å². The fraction of sp³-hybridized carbons (Fsp3) is 0.750. The van der Waals surface area contributed by atoms with Gasteiger partial charge in [0, 0.05) is 36.3 Å². The van der Waals surface area contributed by atoms with Crippen LogP contribution in [0.5, 0.6) is 0 Å². The molecule has 0 amide bonds. The molecule has 6 rings (SSSR count). The lowest BCUT2D eigenvalue weighted by atomic mass is 9.46. The molecule has 25 heavy (non-hydrogen) atoms. The molecular weight excluding hydrogens is 312 g/mol. The number of hydrogen-bond acceptors (Lipinski definition) is 5. The number of hydrogen-bond donors (Lipinski definition) is 2. The number of aryl methyl sites for hydroxylation is 1. The predicted octanol–water partition coefficient (Wildman–Crippen LogP) is 1.78. The Morgan fingerprint density at radius 3 is 2.76 bits per heavy atom. The van der Waals surface area contributed by atoms with Crippen LogP contribution in [0.15, 0.2) is 12.1 Å². The molecule has 0 spiro atoms. The van der Waals surface area contributed by atoms with Crippen molar-refractivity contribution in [3.8, 4) is 0 Å². The molecule has 4 aliphatic carbocycles. The molecule has 5 fully saturated rings. The third kappa shape index (κ3) is 2.43. The summed E-state index contributed by atoms with van der Waals surface area (Å²) >= 11 is 0. The van der Waals surface area contributed by atoms with E-state index in [0.29, 0.717) is 23.8 Å². The maximum atomic E-state index is 7.00. The molecular formula is C20H30N4O. The molecule has 1 aliphatic heterocycles. The molecule has 1 aromatic rings. The highest BCUT2D eigenvalue weighted by Gasteiger charge is 2.59. The van der Waals surface area contributed by atoms with Gasteiger partial charge >= 0.3 is 0 Å². The summed E-state index contributed by atoms with van der Waals surface area (Å²) < 4.78 is 5.46. The highest BCUT2D eigenvalue weighted by molar-refractivity contribution is 5.44. The van der Waals surface area contributed by atoms with E-state index < -0.39 is 0 Å². The molecule has 4 bridgehead atoms. The first-order valence-electron chi connectivity index (χ1n) is 9.90. The number of morpholine rings is 1. The van der Waals surface area contributed by atoms with Crippen molar-refractivity contribution >= 4 is 5.82 Å². The number of rotatable bonds is 2.